The highest BCUT2D eigenvalue weighted by atomic mass is 79.9. The molecule has 3 heteroatoms. The summed E-state index contributed by atoms with van der Waals surface area (Å²) in [5.74, 6) is 0.395. The van der Waals surface area contributed by atoms with Crippen molar-refractivity contribution in [1.82, 2.24) is 4.90 Å². The third-order valence-corrected chi connectivity index (χ3v) is 3.13. The van der Waals surface area contributed by atoms with Gasteiger partial charge in [-0.2, -0.15) is 0 Å². The predicted molar refractivity (Wildman–Crippen MR) is 60.3 cm³/mol. The Morgan fingerprint density at radius 2 is 2.00 bits per heavy atom. The molecule has 2 nitrogen and oxygen atoms in total. The molecule has 1 saturated heterocycles. The molecule has 1 fully saturated rings. The quantitative estimate of drug-likeness (QED) is 0.879. The van der Waals surface area contributed by atoms with Crippen LogP contribution >= 0.6 is 15.9 Å². The molecule has 0 unspecified atom stereocenters. The summed E-state index contributed by atoms with van der Waals surface area (Å²) in [7, 11) is 0. The summed E-state index contributed by atoms with van der Waals surface area (Å²) >= 11 is 3.34. The molecular formula is C11H14BrNO. The molecule has 0 bridgehead atoms. The van der Waals surface area contributed by atoms with Crippen molar-refractivity contribution in [2.24, 2.45) is 0 Å². The zero-order valence-electron chi connectivity index (χ0n) is 8.04. The second-order valence-corrected chi connectivity index (χ2v) is 4.67. The number of benzene rings is 1. The maximum atomic E-state index is 9.70. The van der Waals surface area contributed by atoms with Crippen LogP contribution in [0.3, 0.4) is 0 Å². The SMILES string of the molecule is Oc1cc(Br)ccc1CN1CCCC1. The number of hydrogen-bond donors (Lipinski definition) is 1. The molecule has 14 heavy (non-hydrogen) atoms. The fraction of sp³-hybridized carbons (Fsp3) is 0.455. The topological polar surface area (TPSA) is 23.5 Å². The average Bonchev–Trinajstić information content (AvgIpc) is 2.62. The molecule has 1 heterocycles. The van der Waals surface area contributed by atoms with Gasteiger partial charge in [0, 0.05) is 16.6 Å². The van der Waals surface area contributed by atoms with Gasteiger partial charge in [-0.3, -0.25) is 4.90 Å². The number of hydrogen-bond acceptors (Lipinski definition) is 2. The van der Waals surface area contributed by atoms with Crippen LogP contribution < -0.4 is 0 Å². The summed E-state index contributed by atoms with van der Waals surface area (Å²) < 4.78 is 0.931. The van der Waals surface area contributed by atoms with Gasteiger partial charge in [-0.25, -0.2) is 0 Å². The standard InChI is InChI=1S/C11H14BrNO/c12-10-4-3-9(11(14)7-10)8-13-5-1-2-6-13/h3-4,7,14H,1-2,5-6,8H2. The molecule has 1 N–H and O–H groups in total. The molecule has 0 amide bonds. The summed E-state index contributed by atoms with van der Waals surface area (Å²) in [6.07, 6.45) is 2.58. The molecule has 1 aliphatic heterocycles. The summed E-state index contributed by atoms with van der Waals surface area (Å²) in [5.41, 5.74) is 1.02. The molecule has 76 valence electrons. The molecule has 0 aromatic heterocycles. The van der Waals surface area contributed by atoms with E-state index >= 15 is 0 Å². The summed E-state index contributed by atoms with van der Waals surface area (Å²) in [6, 6.07) is 5.72. The normalized spacial score (nSPS) is 17.5. The Hall–Kier alpha value is -0.540. The summed E-state index contributed by atoms with van der Waals surface area (Å²) in [5, 5.41) is 9.70. The molecule has 0 radical (unpaired) electrons. The first-order valence-corrected chi connectivity index (χ1v) is 5.75. The third-order valence-electron chi connectivity index (χ3n) is 2.64. The van der Waals surface area contributed by atoms with Crippen LogP contribution in [0.5, 0.6) is 5.75 Å². The molecule has 0 spiro atoms. The molecule has 1 aromatic rings. The van der Waals surface area contributed by atoms with Crippen LogP contribution in [0, 0.1) is 0 Å². The largest absolute Gasteiger partial charge is 0.508 e. The molecule has 0 saturated carbocycles. The zero-order chi connectivity index (χ0) is 9.97. The maximum absolute atomic E-state index is 9.70. The van der Waals surface area contributed by atoms with Gasteiger partial charge in [0.15, 0.2) is 0 Å². The first-order chi connectivity index (χ1) is 6.75. The van der Waals surface area contributed by atoms with Crippen molar-refractivity contribution in [3.63, 3.8) is 0 Å². The Labute approximate surface area is 92.7 Å². The van der Waals surface area contributed by atoms with Crippen molar-refractivity contribution in [3.05, 3.63) is 28.2 Å². The summed E-state index contributed by atoms with van der Waals surface area (Å²) in [4.78, 5) is 2.38. The van der Waals surface area contributed by atoms with Gasteiger partial charge in [-0.15, -0.1) is 0 Å². The van der Waals surface area contributed by atoms with Crippen molar-refractivity contribution >= 4 is 15.9 Å². The van der Waals surface area contributed by atoms with Gasteiger partial charge in [-0.05, 0) is 38.1 Å². The van der Waals surface area contributed by atoms with E-state index in [9.17, 15) is 5.11 Å². The van der Waals surface area contributed by atoms with E-state index in [4.69, 9.17) is 0 Å². The molecule has 1 aliphatic rings. The number of phenolic OH excluding ortho intramolecular Hbond substituents is 1. The van der Waals surface area contributed by atoms with Crippen molar-refractivity contribution in [1.29, 1.82) is 0 Å². The van der Waals surface area contributed by atoms with Gasteiger partial charge in [0.1, 0.15) is 5.75 Å². The van der Waals surface area contributed by atoms with Crippen LogP contribution in [0.4, 0.5) is 0 Å². The second-order valence-electron chi connectivity index (χ2n) is 3.76. The minimum atomic E-state index is 0.395. The van der Waals surface area contributed by atoms with Gasteiger partial charge < -0.3 is 5.11 Å². The van der Waals surface area contributed by atoms with Crippen LogP contribution in [0.15, 0.2) is 22.7 Å². The average molecular weight is 256 g/mol. The number of phenols is 1. The van der Waals surface area contributed by atoms with E-state index in [0.717, 1.165) is 29.7 Å². The molecule has 0 aliphatic carbocycles. The van der Waals surface area contributed by atoms with Crippen molar-refractivity contribution < 1.29 is 5.11 Å². The minimum Gasteiger partial charge on any atom is -0.508 e. The second kappa shape index (κ2) is 4.32. The lowest BCUT2D eigenvalue weighted by molar-refractivity contribution is 0.324. The Morgan fingerprint density at radius 1 is 1.29 bits per heavy atom. The fourth-order valence-electron chi connectivity index (χ4n) is 1.85. The highest BCUT2D eigenvalue weighted by molar-refractivity contribution is 9.10. The Bertz CT molecular complexity index is 321. The molecule has 2 rings (SSSR count). The molecule has 1 aromatic carbocycles. The van der Waals surface area contributed by atoms with Crippen molar-refractivity contribution in [2.75, 3.05) is 13.1 Å². The third kappa shape index (κ3) is 2.28. The number of nitrogens with zero attached hydrogens (tertiary/aromatic N) is 1. The fourth-order valence-corrected chi connectivity index (χ4v) is 2.20. The van der Waals surface area contributed by atoms with Gasteiger partial charge in [0.2, 0.25) is 0 Å². The monoisotopic (exact) mass is 255 g/mol. The first kappa shape index (κ1) is 9.99. The lowest BCUT2D eigenvalue weighted by atomic mass is 10.2. The molecular weight excluding hydrogens is 242 g/mol. The van der Waals surface area contributed by atoms with Crippen LogP contribution in [0.25, 0.3) is 0 Å². The van der Waals surface area contributed by atoms with Crippen molar-refractivity contribution in [2.45, 2.75) is 19.4 Å². The number of halogens is 1. The van der Waals surface area contributed by atoms with Crippen LogP contribution in [-0.4, -0.2) is 23.1 Å². The zero-order valence-corrected chi connectivity index (χ0v) is 9.63. The lowest BCUT2D eigenvalue weighted by Gasteiger charge is -2.15. The van der Waals surface area contributed by atoms with Crippen LogP contribution in [0.2, 0.25) is 0 Å². The Morgan fingerprint density at radius 3 is 2.64 bits per heavy atom. The minimum absolute atomic E-state index is 0.395. The first-order valence-electron chi connectivity index (χ1n) is 4.95. The van der Waals surface area contributed by atoms with E-state index in [1.807, 2.05) is 12.1 Å². The van der Waals surface area contributed by atoms with Crippen LogP contribution in [0.1, 0.15) is 18.4 Å². The smallest absolute Gasteiger partial charge is 0.121 e. The Kier molecular flexibility index (Phi) is 3.08. The van der Waals surface area contributed by atoms with Gasteiger partial charge in [0.25, 0.3) is 0 Å². The highest BCUT2D eigenvalue weighted by Gasteiger charge is 2.13. The van der Waals surface area contributed by atoms with Gasteiger partial charge >= 0.3 is 0 Å². The van der Waals surface area contributed by atoms with Crippen molar-refractivity contribution in [3.8, 4) is 5.75 Å². The lowest BCUT2D eigenvalue weighted by Crippen LogP contribution is -2.18. The summed E-state index contributed by atoms with van der Waals surface area (Å²) in [6.45, 7) is 3.20. The highest BCUT2D eigenvalue weighted by Crippen LogP contribution is 2.24. The van der Waals surface area contributed by atoms with Gasteiger partial charge in [-0.1, -0.05) is 22.0 Å². The number of aromatic hydroxyl groups is 1. The predicted octanol–water partition coefficient (Wildman–Crippen LogP) is 2.75. The maximum Gasteiger partial charge on any atom is 0.121 e. The van der Waals surface area contributed by atoms with Gasteiger partial charge in [0.05, 0.1) is 0 Å². The van der Waals surface area contributed by atoms with Crippen LogP contribution in [-0.2, 0) is 6.54 Å². The molecule has 0 atom stereocenters. The Balaban J connectivity index is 2.08. The van der Waals surface area contributed by atoms with E-state index in [1.54, 1.807) is 6.07 Å². The van der Waals surface area contributed by atoms with E-state index in [2.05, 4.69) is 20.8 Å². The number of likely N-dealkylation sites (tertiary alicyclic amines) is 1. The van der Waals surface area contributed by atoms with E-state index < -0.39 is 0 Å². The van der Waals surface area contributed by atoms with E-state index in [0.29, 0.717) is 5.75 Å². The number of rotatable bonds is 2. The van der Waals surface area contributed by atoms with E-state index in [-0.39, 0.29) is 0 Å². The van der Waals surface area contributed by atoms with E-state index in [1.165, 1.54) is 12.8 Å².